The number of nitrogens with zero attached hydrogens (tertiary/aromatic N) is 3. The molecule has 0 bridgehead atoms. The molecule has 9 nitrogen and oxygen atoms in total. The number of aryl methyl sites for hydroxylation is 1. The predicted molar refractivity (Wildman–Crippen MR) is 122 cm³/mol. The maximum absolute atomic E-state index is 12.6. The van der Waals surface area contributed by atoms with E-state index in [1.165, 1.54) is 6.07 Å². The minimum atomic E-state index is -3.39. The molecule has 0 radical (unpaired) electrons. The van der Waals surface area contributed by atoms with Crippen molar-refractivity contribution in [2.75, 3.05) is 26.0 Å². The van der Waals surface area contributed by atoms with E-state index in [9.17, 15) is 17.4 Å². The maximum atomic E-state index is 12.6. The van der Waals surface area contributed by atoms with E-state index in [0.717, 1.165) is 6.26 Å². The van der Waals surface area contributed by atoms with Crippen LogP contribution < -0.4 is 4.74 Å². The van der Waals surface area contributed by atoms with Gasteiger partial charge in [0.1, 0.15) is 23.0 Å². The first kappa shape index (κ1) is 24.4. The zero-order chi connectivity index (χ0) is 23.7. The largest absolute Gasteiger partial charge is 0.485 e. The normalized spacial score (nSPS) is 20.0. The Morgan fingerprint density at radius 3 is 2.47 bits per heavy atom. The predicted octanol–water partition coefficient (Wildman–Crippen LogP) is 2.82. The molecule has 176 valence electrons. The number of likely N-dealkylation sites (tertiary alicyclic amines) is 1. The van der Waals surface area contributed by atoms with E-state index in [0.29, 0.717) is 48.1 Å². The van der Waals surface area contributed by atoms with Crippen LogP contribution in [0.2, 0.25) is 0 Å². The Bertz CT molecular complexity index is 1080. The third-order valence-electron chi connectivity index (χ3n) is 4.97. The van der Waals surface area contributed by atoms with Crippen molar-refractivity contribution in [1.82, 2.24) is 9.88 Å². The van der Waals surface area contributed by atoms with Crippen LogP contribution in [0.3, 0.4) is 0 Å². The number of hydrogen-bond donors (Lipinski definition) is 0. The van der Waals surface area contributed by atoms with Gasteiger partial charge in [-0.1, -0.05) is 0 Å². The molecule has 1 aromatic heterocycles. The van der Waals surface area contributed by atoms with Crippen LogP contribution in [0.15, 0.2) is 33.3 Å². The fourth-order valence-electron chi connectivity index (χ4n) is 3.39. The van der Waals surface area contributed by atoms with Crippen LogP contribution in [-0.2, 0) is 25.4 Å². The molecule has 1 unspecified atom stereocenters. The van der Waals surface area contributed by atoms with Gasteiger partial charge >= 0.3 is 6.09 Å². The van der Waals surface area contributed by atoms with Gasteiger partial charge in [-0.25, -0.2) is 27.4 Å². The Morgan fingerprint density at radius 2 is 1.91 bits per heavy atom. The van der Waals surface area contributed by atoms with Gasteiger partial charge in [-0.3, -0.25) is 0 Å². The second-order valence-corrected chi connectivity index (χ2v) is 12.1. The van der Waals surface area contributed by atoms with Gasteiger partial charge in [-0.15, -0.1) is 0 Å². The molecule has 3 rings (SSSR count). The highest BCUT2D eigenvalue weighted by atomic mass is 32.2. The van der Waals surface area contributed by atoms with Crippen LogP contribution in [0.1, 0.15) is 39.3 Å². The van der Waals surface area contributed by atoms with Gasteiger partial charge in [0.25, 0.3) is 0 Å². The van der Waals surface area contributed by atoms with E-state index in [2.05, 4.69) is 9.98 Å². The van der Waals surface area contributed by atoms with Crippen molar-refractivity contribution in [3.63, 3.8) is 0 Å². The van der Waals surface area contributed by atoms with Crippen molar-refractivity contribution in [3.05, 3.63) is 28.9 Å². The summed E-state index contributed by atoms with van der Waals surface area (Å²) in [5.74, 6) is 0.471. The highest BCUT2D eigenvalue weighted by Gasteiger charge is 2.32. The Kier molecular flexibility index (Phi) is 7.09. The number of sulfone groups is 1. The second kappa shape index (κ2) is 9.30. The average Bonchev–Trinajstić information content (AvgIpc) is 3.05. The first-order chi connectivity index (χ1) is 14.8. The molecule has 0 aromatic carbocycles. The topological polar surface area (TPSA) is 115 Å². The fraction of sp³-hybridized carbons (Fsp3) is 0.571. The summed E-state index contributed by atoms with van der Waals surface area (Å²) in [5.41, 5.74) is 0.467. The first-order valence-corrected chi connectivity index (χ1v) is 13.4. The molecule has 3 heterocycles. The summed E-state index contributed by atoms with van der Waals surface area (Å²) in [6.45, 7) is 8.33. The third-order valence-corrected chi connectivity index (χ3v) is 7.28. The molecular weight excluding hydrogens is 454 g/mol. The van der Waals surface area contributed by atoms with Crippen LogP contribution in [0.5, 0.6) is 5.75 Å². The number of amides is 1. The molecule has 1 aromatic rings. The van der Waals surface area contributed by atoms with Gasteiger partial charge in [0, 0.05) is 30.7 Å². The number of hydrogen-bond acceptors (Lipinski definition) is 8. The molecule has 2 aliphatic heterocycles. The highest BCUT2D eigenvalue weighted by Crippen LogP contribution is 2.27. The number of aromatic nitrogens is 1. The third kappa shape index (κ3) is 6.16. The molecule has 0 saturated carbocycles. The number of ether oxygens (including phenoxy) is 2. The lowest BCUT2D eigenvalue weighted by atomic mass is 9.98. The van der Waals surface area contributed by atoms with E-state index in [-0.39, 0.29) is 23.6 Å². The molecule has 1 atom stereocenters. The summed E-state index contributed by atoms with van der Waals surface area (Å²) in [6.07, 6.45) is 2.11. The van der Waals surface area contributed by atoms with E-state index in [1.807, 2.05) is 20.8 Å². The molecule has 32 heavy (non-hydrogen) atoms. The lowest BCUT2D eigenvalue weighted by molar-refractivity contribution is 0.0202. The first-order valence-electron chi connectivity index (χ1n) is 10.3. The van der Waals surface area contributed by atoms with Crippen molar-refractivity contribution < 1.29 is 26.9 Å². The molecule has 1 amide bonds. The van der Waals surface area contributed by atoms with Gasteiger partial charge in [0.05, 0.1) is 22.2 Å². The van der Waals surface area contributed by atoms with Crippen LogP contribution in [0.4, 0.5) is 4.79 Å². The molecule has 11 heteroatoms. The van der Waals surface area contributed by atoms with Crippen molar-refractivity contribution in [3.8, 4) is 5.75 Å². The van der Waals surface area contributed by atoms with E-state index in [4.69, 9.17) is 9.47 Å². The molecule has 0 aliphatic carbocycles. The smallest absolute Gasteiger partial charge is 0.410 e. The lowest BCUT2D eigenvalue weighted by Crippen LogP contribution is -2.43. The SMILES string of the molecule is Cc1nc(S(C)(=O)=O)ccc1OCC1=CS(=O)C(C2CCN(C(=O)OC(C)(C)C)CC2)=N1. The molecule has 0 N–H and O–H groups in total. The number of pyridine rings is 1. The quantitative estimate of drug-likeness (QED) is 0.632. The Morgan fingerprint density at radius 1 is 1.25 bits per heavy atom. The van der Waals surface area contributed by atoms with Crippen molar-refractivity contribution >= 4 is 31.8 Å². The number of carbonyl (C=O) groups excluding carboxylic acids is 1. The summed E-state index contributed by atoms with van der Waals surface area (Å²) in [6, 6.07) is 2.95. The van der Waals surface area contributed by atoms with Gasteiger partial charge < -0.3 is 14.4 Å². The number of carbonyl (C=O) groups is 1. The summed E-state index contributed by atoms with van der Waals surface area (Å²) in [5, 5.41) is 2.17. The Hall–Kier alpha value is -2.27. The maximum Gasteiger partial charge on any atom is 0.410 e. The van der Waals surface area contributed by atoms with Gasteiger partial charge in [0.15, 0.2) is 14.9 Å². The monoisotopic (exact) mass is 483 g/mol. The zero-order valence-electron chi connectivity index (χ0n) is 19.0. The van der Waals surface area contributed by atoms with Gasteiger partial charge in [-0.05, 0) is 52.7 Å². The second-order valence-electron chi connectivity index (χ2n) is 8.89. The van der Waals surface area contributed by atoms with Crippen LogP contribution >= 0.6 is 0 Å². The van der Waals surface area contributed by atoms with Crippen LogP contribution in [0.25, 0.3) is 0 Å². The number of piperidine rings is 1. The van der Waals surface area contributed by atoms with Crippen LogP contribution in [-0.4, -0.2) is 65.2 Å². The molecule has 1 saturated heterocycles. The standard InChI is InChI=1S/C21H29N3O6S2/c1-14-17(6-7-18(22-14)32(5,27)28)29-12-16-13-31(26)19(23-16)15-8-10-24(11-9-15)20(25)30-21(2,3)4/h6-7,13,15H,8-12H2,1-5H3. The van der Waals surface area contributed by atoms with Gasteiger partial charge in [-0.2, -0.15) is 0 Å². The molecular formula is C21H29N3O6S2. The highest BCUT2D eigenvalue weighted by molar-refractivity contribution is 8.03. The zero-order valence-corrected chi connectivity index (χ0v) is 20.6. The van der Waals surface area contributed by atoms with Gasteiger partial charge in [0.2, 0.25) is 0 Å². The molecule has 2 aliphatic rings. The molecule has 0 spiro atoms. The summed E-state index contributed by atoms with van der Waals surface area (Å²) in [4.78, 5) is 22.5. The van der Waals surface area contributed by atoms with Crippen molar-refractivity contribution in [2.45, 2.75) is 51.2 Å². The Labute approximate surface area is 191 Å². The number of aliphatic imine (C=N–C) groups is 1. The van der Waals surface area contributed by atoms with Crippen molar-refractivity contribution in [1.29, 1.82) is 0 Å². The Balaban J connectivity index is 1.57. The van der Waals surface area contributed by atoms with Crippen LogP contribution in [0, 0.1) is 12.8 Å². The fourth-order valence-corrected chi connectivity index (χ4v) is 5.27. The minimum Gasteiger partial charge on any atom is -0.485 e. The van der Waals surface area contributed by atoms with E-state index < -0.39 is 26.2 Å². The molecule has 1 fully saturated rings. The number of rotatable bonds is 5. The lowest BCUT2D eigenvalue weighted by Gasteiger charge is -2.33. The van der Waals surface area contributed by atoms with E-state index in [1.54, 1.807) is 23.3 Å². The van der Waals surface area contributed by atoms with Crippen molar-refractivity contribution in [2.24, 2.45) is 10.9 Å². The summed E-state index contributed by atoms with van der Waals surface area (Å²) < 4.78 is 47.0. The minimum absolute atomic E-state index is 0.0124. The van der Waals surface area contributed by atoms with E-state index >= 15 is 0 Å². The summed E-state index contributed by atoms with van der Waals surface area (Å²) in [7, 11) is -4.72. The average molecular weight is 484 g/mol. The summed E-state index contributed by atoms with van der Waals surface area (Å²) >= 11 is 0.